The molecule has 1 unspecified atom stereocenters. The fourth-order valence-electron chi connectivity index (χ4n) is 5.42. The van der Waals surface area contributed by atoms with Gasteiger partial charge in [0.1, 0.15) is 0 Å². The molecule has 0 saturated heterocycles. The van der Waals surface area contributed by atoms with E-state index >= 15 is 0 Å². The Morgan fingerprint density at radius 3 is 2.86 bits per heavy atom. The summed E-state index contributed by atoms with van der Waals surface area (Å²) >= 11 is 1.67. The van der Waals surface area contributed by atoms with Crippen molar-refractivity contribution in [3.05, 3.63) is 51.6 Å². The van der Waals surface area contributed by atoms with Crippen LogP contribution in [0.1, 0.15) is 66.4 Å². The Morgan fingerprint density at radius 2 is 2.07 bits per heavy atom. The Bertz CT molecular complexity index is 1010. The first kappa shape index (κ1) is 18.9. The second-order valence-electron chi connectivity index (χ2n) is 8.60. The van der Waals surface area contributed by atoms with E-state index in [1.54, 1.807) is 11.3 Å². The molecule has 1 aromatic carbocycles. The van der Waals surface area contributed by atoms with E-state index in [-0.39, 0.29) is 6.04 Å². The lowest BCUT2D eigenvalue weighted by atomic mass is 9.79. The maximum absolute atomic E-state index is 13.4. The quantitative estimate of drug-likeness (QED) is 0.614. The van der Waals surface area contributed by atoms with Gasteiger partial charge in [-0.3, -0.25) is 4.79 Å². The molecule has 2 aromatic heterocycles. The van der Waals surface area contributed by atoms with Gasteiger partial charge in [-0.1, -0.05) is 37.5 Å². The molecule has 5 heteroatoms. The van der Waals surface area contributed by atoms with Crippen LogP contribution in [0.25, 0.3) is 10.9 Å². The zero-order chi connectivity index (χ0) is 19.8. The minimum Gasteiger partial charge on any atom is -0.356 e. The zero-order valence-corrected chi connectivity index (χ0v) is 17.9. The van der Waals surface area contributed by atoms with E-state index in [1.165, 1.54) is 59.1 Å². The van der Waals surface area contributed by atoms with Crippen molar-refractivity contribution < 1.29 is 4.79 Å². The van der Waals surface area contributed by atoms with Gasteiger partial charge in [-0.25, -0.2) is 4.98 Å². The third-order valence-corrected chi connectivity index (χ3v) is 7.90. The first-order chi connectivity index (χ1) is 14.2. The lowest BCUT2D eigenvalue weighted by molar-refractivity contribution is -0.135. The van der Waals surface area contributed by atoms with Gasteiger partial charge in [-0.15, -0.1) is 11.3 Å². The first-order valence-electron chi connectivity index (χ1n) is 11.0. The van der Waals surface area contributed by atoms with Crippen molar-refractivity contribution in [2.24, 2.45) is 5.92 Å². The third kappa shape index (κ3) is 3.50. The van der Waals surface area contributed by atoms with E-state index in [4.69, 9.17) is 0 Å². The summed E-state index contributed by atoms with van der Waals surface area (Å²) in [4.78, 5) is 24.9. The number of carbonyl (C=O) groups excluding carboxylic acids is 1. The summed E-state index contributed by atoms with van der Waals surface area (Å²) in [7, 11) is 0. The van der Waals surface area contributed by atoms with Gasteiger partial charge in [0.2, 0.25) is 5.91 Å². The molecule has 2 aliphatic rings. The number of nitrogens with one attached hydrogen (secondary N) is 1. The molecule has 0 spiro atoms. The van der Waals surface area contributed by atoms with Crippen LogP contribution in [-0.2, 0) is 17.6 Å². The number of nitrogens with zero attached hydrogens (tertiary/aromatic N) is 2. The van der Waals surface area contributed by atoms with Gasteiger partial charge in [0.15, 0.2) is 0 Å². The Balaban J connectivity index is 1.45. The predicted octanol–water partition coefficient (Wildman–Crippen LogP) is 5.57. The SMILES string of the molecule is Cc1ncsc1CCC(=O)N1CCc2c([nH]c3ccccc23)C1C1CCCCC1. The second-order valence-corrected chi connectivity index (χ2v) is 9.54. The van der Waals surface area contributed by atoms with Gasteiger partial charge in [-0.05, 0) is 50.2 Å². The molecule has 1 saturated carbocycles. The van der Waals surface area contributed by atoms with Crippen molar-refractivity contribution in [3.8, 4) is 0 Å². The zero-order valence-electron chi connectivity index (χ0n) is 17.1. The molecule has 0 radical (unpaired) electrons. The summed E-state index contributed by atoms with van der Waals surface area (Å²) in [5.41, 5.74) is 6.93. The van der Waals surface area contributed by atoms with E-state index < -0.39 is 0 Å². The van der Waals surface area contributed by atoms with Crippen LogP contribution in [0.3, 0.4) is 0 Å². The van der Waals surface area contributed by atoms with Crippen molar-refractivity contribution >= 4 is 28.1 Å². The third-order valence-electron chi connectivity index (χ3n) is 6.91. The molecule has 1 aliphatic heterocycles. The number of amides is 1. The molecule has 3 heterocycles. The molecular formula is C24H29N3OS. The molecule has 29 heavy (non-hydrogen) atoms. The van der Waals surface area contributed by atoms with Crippen molar-refractivity contribution in [1.82, 2.24) is 14.9 Å². The Kier molecular flexibility index (Phi) is 5.17. The van der Waals surface area contributed by atoms with E-state index in [2.05, 4.69) is 39.1 Å². The van der Waals surface area contributed by atoms with E-state index in [1.807, 2.05) is 12.4 Å². The maximum atomic E-state index is 13.4. The summed E-state index contributed by atoms with van der Waals surface area (Å²) in [6, 6.07) is 8.83. The van der Waals surface area contributed by atoms with Crippen LogP contribution in [-0.4, -0.2) is 27.3 Å². The number of aryl methyl sites for hydroxylation is 2. The topological polar surface area (TPSA) is 49.0 Å². The average Bonchev–Trinajstić information content (AvgIpc) is 3.34. The number of benzene rings is 1. The van der Waals surface area contributed by atoms with E-state index in [0.717, 1.165) is 25.1 Å². The fourth-order valence-corrected chi connectivity index (χ4v) is 6.20. The van der Waals surface area contributed by atoms with Crippen LogP contribution in [0.5, 0.6) is 0 Å². The highest BCUT2D eigenvalue weighted by Crippen LogP contribution is 2.43. The number of aromatic nitrogens is 2. The van der Waals surface area contributed by atoms with Crippen molar-refractivity contribution in [2.45, 2.75) is 64.3 Å². The van der Waals surface area contributed by atoms with Crippen LogP contribution >= 0.6 is 11.3 Å². The maximum Gasteiger partial charge on any atom is 0.223 e. The molecule has 3 aromatic rings. The van der Waals surface area contributed by atoms with Crippen LogP contribution in [0.15, 0.2) is 29.8 Å². The predicted molar refractivity (Wildman–Crippen MR) is 118 cm³/mol. The van der Waals surface area contributed by atoms with Crippen molar-refractivity contribution in [1.29, 1.82) is 0 Å². The molecule has 1 atom stereocenters. The van der Waals surface area contributed by atoms with Crippen molar-refractivity contribution in [3.63, 3.8) is 0 Å². The van der Waals surface area contributed by atoms with E-state index in [9.17, 15) is 4.79 Å². The summed E-state index contributed by atoms with van der Waals surface area (Å²) in [5, 5.41) is 1.34. The Morgan fingerprint density at radius 1 is 1.24 bits per heavy atom. The van der Waals surface area contributed by atoms with Gasteiger partial charge >= 0.3 is 0 Å². The standard InChI is InChI=1S/C24H29N3OS/c1-16-21(29-15-25-16)11-12-22(28)27-14-13-19-18-9-5-6-10-20(18)26-23(19)24(27)17-7-3-2-4-8-17/h5-6,9-10,15,17,24,26H,2-4,7-8,11-14H2,1H3. The average molecular weight is 408 g/mol. The molecule has 1 fully saturated rings. The summed E-state index contributed by atoms with van der Waals surface area (Å²) in [5.74, 6) is 0.877. The van der Waals surface area contributed by atoms with Gasteiger partial charge < -0.3 is 9.88 Å². The molecule has 1 aliphatic carbocycles. The molecule has 1 amide bonds. The van der Waals surface area contributed by atoms with Crippen LogP contribution in [0.2, 0.25) is 0 Å². The number of hydrogen-bond acceptors (Lipinski definition) is 3. The number of carbonyl (C=O) groups is 1. The lowest BCUT2D eigenvalue weighted by Gasteiger charge is -2.42. The largest absolute Gasteiger partial charge is 0.356 e. The number of H-pyrrole nitrogens is 1. The summed E-state index contributed by atoms with van der Waals surface area (Å²) in [6.45, 7) is 2.88. The number of fused-ring (bicyclic) bond motifs is 3. The number of hydrogen-bond donors (Lipinski definition) is 1. The minimum absolute atomic E-state index is 0.210. The second kappa shape index (κ2) is 7.94. The monoisotopic (exact) mass is 407 g/mol. The number of aromatic amines is 1. The molecule has 1 N–H and O–H groups in total. The Hall–Kier alpha value is -2.14. The smallest absolute Gasteiger partial charge is 0.223 e. The molecule has 4 nitrogen and oxygen atoms in total. The van der Waals surface area contributed by atoms with Gasteiger partial charge in [0, 0.05) is 34.4 Å². The number of thiazole rings is 1. The summed E-state index contributed by atoms with van der Waals surface area (Å²) in [6.07, 6.45) is 8.73. The molecule has 152 valence electrons. The molecule has 0 bridgehead atoms. The first-order valence-corrected chi connectivity index (χ1v) is 11.9. The van der Waals surface area contributed by atoms with Gasteiger partial charge in [-0.2, -0.15) is 0 Å². The lowest BCUT2D eigenvalue weighted by Crippen LogP contribution is -2.43. The highest BCUT2D eigenvalue weighted by Gasteiger charge is 2.38. The number of rotatable bonds is 4. The van der Waals surface area contributed by atoms with Gasteiger partial charge in [0.05, 0.1) is 17.2 Å². The van der Waals surface area contributed by atoms with Crippen LogP contribution in [0, 0.1) is 12.8 Å². The van der Waals surface area contributed by atoms with Crippen molar-refractivity contribution in [2.75, 3.05) is 6.54 Å². The fraction of sp³-hybridized carbons (Fsp3) is 0.500. The number of para-hydroxylation sites is 1. The van der Waals surface area contributed by atoms with Crippen LogP contribution < -0.4 is 0 Å². The molecular weight excluding hydrogens is 378 g/mol. The van der Waals surface area contributed by atoms with Gasteiger partial charge in [0.25, 0.3) is 0 Å². The summed E-state index contributed by atoms with van der Waals surface area (Å²) < 4.78 is 0. The highest BCUT2D eigenvalue weighted by atomic mass is 32.1. The highest BCUT2D eigenvalue weighted by molar-refractivity contribution is 7.09. The van der Waals surface area contributed by atoms with Crippen LogP contribution in [0.4, 0.5) is 0 Å². The Labute approximate surface area is 176 Å². The van der Waals surface area contributed by atoms with E-state index in [0.29, 0.717) is 18.2 Å². The minimum atomic E-state index is 0.210. The normalized spacial score (nSPS) is 20.2. The molecule has 5 rings (SSSR count).